The van der Waals surface area contributed by atoms with Crippen molar-refractivity contribution in [1.29, 1.82) is 0 Å². The van der Waals surface area contributed by atoms with E-state index >= 15 is 0 Å². The van der Waals surface area contributed by atoms with Crippen molar-refractivity contribution >= 4 is 29.6 Å². The average molecular weight is 389 g/mol. The number of rotatable bonds is 6. The van der Waals surface area contributed by atoms with E-state index in [0.717, 1.165) is 5.56 Å². The number of nitro benzene ring substituents is 1. The lowest BCUT2D eigenvalue weighted by molar-refractivity contribution is -0.385. The zero-order valence-electron chi connectivity index (χ0n) is 14.6. The molecule has 0 radical (unpaired) electrons. The maximum Gasteiger partial charge on any atom is 0.312 e. The molecular formula is C18H17ClN4O4. The van der Waals surface area contributed by atoms with E-state index in [0.29, 0.717) is 22.9 Å². The second-order valence-corrected chi connectivity index (χ2v) is 5.26. The Morgan fingerprint density at radius 3 is 2.44 bits per heavy atom. The molecule has 1 aromatic heterocycles. The molecule has 9 heteroatoms. The number of para-hydroxylation sites is 1. The van der Waals surface area contributed by atoms with Gasteiger partial charge in [-0.1, -0.05) is 12.1 Å². The number of ether oxygens (including phenoxy) is 2. The van der Waals surface area contributed by atoms with Gasteiger partial charge in [-0.05, 0) is 24.3 Å². The van der Waals surface area contributed by atoms with Crippen molar-refractivity contribution in [2.45, 2.75) is 0 Å². The summed E-state index contributed by atoms with van der Waals surface area (Å²) in [7, 11) is 2.98. The van der Waals surface area contributed by atoms with Gasteiger partial charge >= 0.3 is 5.69 Å². The Balaban J connectivity index is 0.00000261. The second kappa shape index (κ2) is 8.81. The van der Waals surface area contributed by atoms with Crippen LogP contribution in [0.25, 0.3) is 11.3 Å². The summed E-state index contributed by atoms with van der Waals surface area (Å²) in [6, 6.07) is 13.8. The van der Waals surface area contributed by atoms with Crippen LogP contribution in [0.15, 0.2) is 54.9 Å². The molecule has 0 amide bonds. The van der Waals surface area contributed by atoms with Gasteiger partial charge in [0.15, 0.2) is 5.75 Å². The van der Waals surface area contributed by atoms with Crippen LogP contribution in [0.3, 0.4) is 0 Å². The minimum Gasteiger partial charge on any atom is -0.496 e. The Labute approximate surface area is 161 Å². The van der Waals surface area contributed by atoms with Gasteiger partial charge in [0.1, 0.15) is 17.9 Å². The van der Waals surface area contributed by atoms with Crippen molar-refractivity contribution in [3.8, 4) is 22.8 Å². The molecule has 3 aromatic rings. The van der Waals surface area contributed by atoms with Crippen molar-refractivity contribution in [3.63, 3.8) is 0 Å². The molecule has 0 fully saturated rings. The van der Waals surface area contributed by atoms with Gasteiger partial charge in [-0.2, -0.15) is 0 Å². The summed E-state index contributed by atoms with van der Waals surface area (Å²) in [6.45, 7) is 0. The van der Waals surface area contributed by atoms with Crippen molar-refractivity contribution in [2.75, 3.05) is 19.5 Å². The highest BCUT2D eigenvalue weighted by molar-refractivity contribution is 5.85. The van der Waals surface area contributed by atoms with Crippen LogP contribution in [0, 0.1) is 10.1 Å². The third-order valence-electron chi connectivity index (χ3n) is 3.70. The van der Waals surface area contributed by atoms with Crippen LogP contribution in [-0.2, 0) is 0 Å². The predicted octanol–water partition coefficient (Wildman–Crippen LogP) is 4.23. The zero-order valence-corrected chi connectivity index (χ0v) is 15.4. The molecule has 3 rings (SSSR count). The van der Waals surface area contributed by atoms with Gasteiger partial charge in [0.2, 0.25) is 0 Å². The first kappa shape index (κ1) is 19.9. The smallest absolute Gasteiger partial charge is 0.312 e. The first-order chi connectivity index (χ1) is 12.6. The van der Waals surface area contributed by atoms with E-state index in [1.54, 1.807) is 19.2 Å². The van der Waals surface area contributed by atoms with E-state index in [1.165, 1.54) is 25.6 Å². The molecule has 0 atom stereocenters. The molecule has 0 bridgehead atoms. The van der Waals surface area contributed by atoms with Crippen LogP contribution in [0.2, 0.25) is 0 Å². The zero-order chi connectivity index (χ0) is 18.5. The SMILES string of the molecule is COc1ccccc1-c1cc(Nc2ccc(OC)c([N+](=O)[O-])c2)ncn1.Cl. The molecule has 0 spiro atoms. The van der Waals surface area contributed by atoms with Gasteiger partial charge in [0.25, 0.3) is 0 Å². The molecule has 8 nitrogen and oxygen atoms in total. The number of nitrogens with zero attached hydrogens (tertiary/aromatic N) is 3. The highest BCUT2D eigenvalue weighted by Crippen LogP contribution is 2.32. The summed E-state index contributed by atoms with van der Waals surface area (Å²) in [4.78, 5) is 19.1. The molecular weight excluding hydrogens is 372 g/mol. The normalized spacial score (nSPS) is 9.85. The van der Waals surface area contributed by atoms with Gasteiger partial charge in [-0.25, -0.2) is 9.97 Å². The highest BCUT2D eigenvalue weighted by atomic mass is 35.5. The summed E-state index contributed by atoms with van der Waals surface area (Å²) in [5.41, 5.74) is 1.88. The molecule has 0 aliphatic carbocycles. The van der Waals surface area contributed by atoms with Gasteiger partial charge in [-0.15, -0.1) is 12.4 Å². The van der Waals surface area contributed by atoms with Crippen LogP contribution >= 0.6 is 12.4 Å². The number of methoxy groups -OCH3 is 2. The lowest BCUT2D eigenvalue weighted by Crippen LogP contribution is -1.99. The van der Waals surface area contributed by atoms with Crippen molar-refractivity contribution in [3.05, 3.63) is 65.0 Å². The van der Waals surface area contributed by atoms with Gasteiger partial charge < -0.3 is 14.8 Å². The Bertz CT molecular complexity index is 952. The van der Waals surface area contributed by atoms with Crippen molar-refractivity contribution < 1.29 is 14.4 Å². The van der Waals surface area contributed by atoms with E-state index in [1.807, 2.05) is 24.3 Å². The predicted molar refractivity (Wildman–Crippen MR) is 104 cm³/mol. The van der Waals surface area contributed by atoms with Crippen LogP contribution in [-0.4, -0.2) is 29.1 Å². The fraction of sp³-hybridized carbons (Fsp3) is 0.111. The minimum absolute atomic E-state index is 0. The van der Waals surface area contributed by atoms with E-state index < -0.39 is 4.92 Å². The molecule has 0 unspecified atom stereocenters. The summed E-state index contributed by atoms with van der Waals surface area (Å²) in [5.74, 6) is 1.38. The van der Waals surface area contributed by atoms with E-state index in [4.69, 9.17) is 9.47 Å². The molecule has 27 heavy (non-hydrogen) atoms. The molecule has 0 saturated heterocycles. The maximum atomic E-state index is 11.2. The number of nitro groups is 1. The quantitative estimate of drug-likeness (QED) is 0.498. The third kappa shape index (κ3) is 4.42. The molecule has 1 heterocycles. The third-order valence-corrected chi connectivity index (χ3v) is 3.70. The lowest BCUT2D eigenvalue weighted by Gasteiger charge is -2.10. The molecule has 0 aliphatic rings. The number of nitrogens with one attached hydrogen (secondary N) is 1. The largest absolute Gasteiger partial charge is 0.496 e. The maximum absolute atomic E-state index is 11.2. The fourth-order valence-corrected chi connectivity index (χ4v) is 2.49. The Hall–Kier alpha value is -3.39. The van der Waals surface area contributed by atoms with Crippen LogP contribution in [0.1, 0.15) is 0 Å². The Kier molecular flexibility index (Phi) is 6.51. The van der Waals surface area contributed by atoms with Crippen LogP contribution in [0.5, 0.6) is 11.5 Å². The first-order valence-electron chi connectivity index (χ1n) is 7.67. The topological polar surface area (TPSA) is 99.4 Å². The fourth-order valence-electron chi connectivity index (χ4n) is 2.49. The van der Waals surface area contributed by atoms with Gasteiger partial charge in [0, 0.05) is 23.4 Å². The van der Waals surface area contributed by atoms with Crippen LogP contribution < -0.4 is 14.8 Å². The minimum atomic E-state index is -0.496. The van der Waals surface area contributed by atoms with E-state index in [9.17, 15) is 10.1 Å². The standard InChI is InChI=1S/C18H16N4O4.ClH/c1-25-16-6-4-3-5-13(16)14-10-18(20-11-19-14)21-12-7-8-17(26-2)15(9-12)22(23)24;/h3-11H,1-2H3,(H,19,20,21);1H. The summed E-state index contributed by atoms with van der Waals surface area (Å²) < 4.78 is 10.4. The van der Waals surface area contributed by atoms with Crippen molar-refractivity contribution in [1.82, 2.24) is 9.97 Å². The second-order valence-electron chi connectivity index (χ2n) is 5.26. The monoisotopic (exact) mass is 388 g/mol. The number of anilines is 2. The number of aromatic nitrogens is 2. The van der Waals surface area contributed by atoms with Gasteiger partial charge in [0.05, 0.1) is 24.8 Å². The molecule has 0 aliphatic heterocycles. The Morgan fingerprint density at radius 2 is 1.74 bits per heavy atom. The highest BCUT2D eigenvalue weighted by Gasteiger charge is 2.15. The molecule has 1 N–H and O–H groups in total. The summed E-state index contributed by atoms with van der Waals surface area (Å²) in [6.07, 6.45) is 1.42. The summed E-state index contributed by atoms with van der Waals surface area (Å²) >= 11 is 0. The van der Waals surface area contributed by atoms with E-state index in [2.05, 4.69) is 15.3 Å². The number of halogens is 1. The lowest BCUT2D eigenvalue weighted by atomic mass is 10.1. The first-order valence-corrected chi connectivity index (χ1v) is 7.67. The molecule has 2 aromatic carbocycles. The summed E-state index contributed by atoms with van der Waals surface area (Å²) in [5, 5.41) is 14.2. The molecule has 0 saturated carbocycles. The molecule has 140 valence electrons. The van der Waals surface area contributed by atoms with Crippen molar-refractivity contribution in [2.24, 2.45) is 0 Å². The average Bonchev–Trinajstić information content (AvgIpc) is 2.68. The number of hydrogen-bond donors (Lipinski definition) is 1. The number of hydrogen-bond acceptors (Lipinski definition) is 7. The van der Waals surface area contributed by atoms with Crippen LogP contribution in [0.4, 0.5) is 17.2 Å². The Morgan fingerprint density at radius 1 is 1.00 bits per heavy atom. The number of benzene rings is 2. The van der Waals surface area contributed by atoms with Gasteiger partial charge in [-0.3, -0.25) is 10.1 Å². The van der Waals surface area contributed by atoms with E-state index in [-0.39, 0.29) is 23.8 Å².